The number of carbonyl (C=O) groups excluding carboxylic acids is 3. The maximum Gasteiger partial charge on any atom is 0.306 e. The fourth-order valence-electron chi connectivity index (χ4n) is 5.74. The Morgan fingerprint density at radius 3 is 1.20 bits per heavy atom. The monoisotopic (exact) mass is 841 g/mol. The lowest BCUT2D eigenvalue weighted by Crippen LogP contribution is -2.30. The van der Waals surface area contributed by atoms with Crippen molar-refractivity contribution in [3.63, 3.8) is 0 Å². The smallest absolute Gasteiger partial charge is 0.306 e. The lowest BCUT2D eigenvalue weighted by atomic mass is 10.1. The zero-order valence-corrected chi connectivity index (χ0v) is 38.6. The van der Waals surface area contributed by atoms with Gasteiger partial charge in [0.1, 0.15) is 13.2 Å². The second-order valence-corrected chi connectivity index (χ2v) is 14.9. The molecule has 0 aliphatic rings. The number of rotatable bonds is 40. The maximum absolute atomic E-state index is 12.7. The van der Waals surface area contributed by atoms with Crippen LogP contribution in [0.15, 0.2) is 134 Å². The van der Waals surface area contributed by atoms with Crippen LogP contribution in [0.3, 0.4) is 0 Å². The van der Waals surface area contributed by atoms with Crippen LogP contribution < -0.4 is 0 Å². The molecule has 0 saturated heterocycles. The lowest BCUT2D eigenvalue weighted by Gasteiger charge is -2.18. The SMILES string of the molecule is CC/C=C/C=C/C=C/CCCCCCCC(=O)OCC(COC(=O)CC/C=C/C/C=C/C/C=C/C/C=C/C/C=C/CC)OC(=O)CCCCCC/C=C/C/C=C/C/C=C/CC. The molecule has 0 spiro atoms. The highest BCUT2D eigenvalue weighted by Crippen LogP contribution is 2.11. The van der Waals surface area contributed by atoms with Crippen molar-refractivity contribution in [1.82, 2.24) is 0 Å². The van der Waals surface area contributed by atoms with E-state index in [4.69, 9.17) is 14.2 Å². The molecule has 0 amide bonds. The van der Waals surface area contributed by atoms with E-state index in [2.05, 4.69) is 136 Å². The summed E-state index contributed by atoms with van der Waals surface area (Å²) >= 11 is 0. The number of ether oxygens (including phenoxy) is 3. The molecule has 0 saturated carbocycles. The molecule has 61 heavy (non-hydrogen) atoms. The molecule has 0 aromatic heterocycles. The summed E-state index contributed by atoms with van der Waals surface area (Å²) in [4.78, 5) is 37.8. The van der Waals surface area contributed by atoms with Gasteiger partial charge in [-0.05, 0) is 103 Å². The Balaban J connectivity index is 4.60. The van der Waals surface area contributed by atoms with Crippen molar-refractivity contribution in [2.24, 2.45) is 0 Å². The molecule has 0 radical (unpaired) electrons. The highest BCUT2D eigenvalue weighted by Gasteiger charge is 2.19. The fraction of sp³-hybridized carbons (Fsp3) is 0.545. The summed E-state index contributed by atoms with van der Waals surface area (Å²) in [5.41, 5.74) is 0. The van der Waals surface area contributed by atoms with Gasteiger partial charge in [0, 0.05) is 19.3 Å². The summed E-state index contributed by atoms with van der Waals surface area (Å²) in [7, 11) is 0. The van der Waals surface area contributed by atoms with E-state index in [1.54, 1.807) is 0 Å². The highest BCUT2D eigenvalue weighted by atomic mass is 16.6. The molecule has 0 aromatic carbocycles. The Hall–Kier alpha value is -4.45. The van der Waals surface area contributed by atoms with Crippen molar-refractivity contribution in [2.75, 3.05) is 13.2 Å². The van der Waals surface area contributed by atoms with Gasteiger partial charge in [0.05, 0.1) is 0 Å². The van der Waals surface area contributed by atoms with Gasteiger partial charge in [-0.25, -0.2) is 0 Å². The zero-order chi connectivity index (χ0) is 44.4. The van der Waals surface area contributed by atoms with E-state index in [9.17, 15) is 14.4 Å². The molecule has 0 aromatic rings. The number of allylic oxidation sites excluding steroid dienone is 22. The number of hydrogen-bond acceptors (Lipinski definition) is 6. The summed E-state index contributed by atoms with van der Waals surface area (Å²) in [6.07, 6.45) is 67.3. The number of esters is 3. The second-order valence-electron chi connectivity index (χ2n) is 14.9. The van der Waals surface area contributed by atoms with E-state index < -0.39 is 6.10 Å². The molecule has 0 fully saturated rings. The minimum Gasteiger partial charge on any atom is -0.462 e. The Bertz CT molecular complexity index is 1380. The molecule has 1 unspecified atom stereocenters. The van der Waals surface area contributed by atoms with Gasteiger partial charge in [-0.3, -0.25) is 14.4 Å². The molecule has 0 heterocycles. The lowest BCUT2D eigenvalue weighted by molar-refractivity contribution is -0.166. The molecule has 6 nitrogen and oxygen atoms in total. The first-order valence-electron chi connectivity index (χ1n) is 23.7. The van der Waals surface area contributed by atoms with Gasteiger partial charge in [-0.15, -0.1) is 0 Å². The first-order valence-corrected chi connectivity index (χ1v) is 23.7. The van der Waals surface area contributed by atoms with Gasteiger partial charge < -0.3 is 14.2 Å². The highest BCUT2D eigenvalue weighted by molar-refractivity contribution is 5.71. The molecule has 0 rings (SSSR count). The minimum atomic E-state index is -0.832. The Labute approximate surface area is 373 Å². The standard InChI is InChI=1S/C55H84O6/c1-4-7-10-13-16-19-22-25-27-28-31-33-36-39-42-45-48-54(57)60-51-52(50-59-53(56)47-44-41-38-35-32-29-24-21-18-15-12-9-6-3)61-55(58)49-46-43-40-37-34-30-26-23-20-17-14-11-8-5-2/h7-12,15-21,24-27,30-31,33,39,42,52H,4-6,13-14,22-23,28-29,32,34-38,40-41,43-51H2,1-3H3/b10-7+,11-8+,12-9+,18-15+,19-16+,20-17+,24-21+,27-25+,30-26+,33-31+,42-39+. The van der Waals surface area contributed by atoms with Gasteiger partial charge >= 0.3 is 17.9 Å². The van der Waals surface area contributed by atoms with Gasteiger partial charge in [-0.1, -0.05) is 187 Å². The number of carbonyl (C=O) groups is 3. The first kappa shape index (κ1) is 56.5. The van der Waals surface area contributed by atoms with E-state index in [1.807, 2.05) is 18.2 Å². The van der Waals surface area contributed by atoms with E-state index in [0.717, 1.165) is 128 Å². The van der Waals surface area contributed by atoms with Gasteiger partial charge in [-0.2, -0.15) is 0 Å². The third-order valence-corrected chi connectivity index (χ3v) is 9.21. The van der Waals surface area contributed by atoms with Crippen LogP contribution in [0.1, 0.15) is 175 Å². The van der Waals surface area contributed by atoms with Crippen molar-refractivity contribution < 1.29 is 28.6 Å². The molecule has 1 atom stereocenters. The average molecular weight is 841 g/mol. The van der Waals surface area contributed by atoms with Crippen LogP contribution >= 0.6 is 0 Å². The van der Waals surface area contributed by atoms with Crippen molar-refractivity contribution in [3.05, 3.63) is 134 Å². The molecular weight excluding hydrogens is 757 g/mol. The van der Waals surface area contributed by atoms with E-state index in [1.165, 1.54) is 0 Å². The maximum atomic E-state index is 12.7. The molecule has 0 bridgehead atoms. The predicted octanol–water partition coefficient (Wildman–Crippen LogP) is 15.5. The molecule has 0 aliphatic carbocycles. The summed E-state index contributed by atoms with van der Waals surface area (Å²) < 4.78 is 16.6. The zero-order valence-electron chi connectivity index (χ0n) is 38.6. The van der Waals surface area contributed by atoms with Crippen molar-refractivity contribution in [1.29, 1.82) is 0 Å². The van der Waals surface area contributed by atoms with Gasteiger partial charge in [0.25, 0.3) is 0 Å². The molecule has 340 valence electrons. The molecule has 0 aliphatic heterocycles. The molecule has 0 N–H and O–H groups in total. The van der Waals surface area contributed by atoms with Crippen molar-refractivity contribution >= 4 is 17.9 Å². The summed E-state index contributed by atoms with van der Waals surface area (Å²) in [6, 6.07) is 0. The van der Waals surface area contributed by atoms with Crippen LogP contribution in [0.5, 0.6) is 0 Å². The van der Waals surface area contributed by atoms with Crippen LogP contribution in [-0.2, 0) is 28.6 Å². The number of unbranched alkanes of at least 4 members (excludes halogenated alkanes) is 9. The fourth-order valence-corrected chi connectivity index (χ4v) is 5.74. The summed E-state index contributed by atoms with van der Waals surface area (Å²) in [6.45, 7) is 6.14. The van der Waals surface area contributed by atoms with Crippen LogP contribution in [0.2, 0.25) is 0 Å². The largest absolute Gasteiger partial charge is 0.462 e. The van der Waals surface area contributed by atoms with Crippen LogP contribution in [0.25, 0.3) is 0 Å². The molecule has 6 heteroatoms. The Kier molecular flexibility index (Phi) is 44.7. The summed E-state index contributed by atoms with van der Waals surface area (Å²) in [5, 5.41) is 0. The van der Waals surface area contributed by atoms with Crippen molar-refractivity contribution in [2.45, 2.75) is 181 Å². The second kappa shape index (κ2) is 48.2. The first-order chi connectivity index (χ1) is 30.0. The van der Waals surface area contributed by atoms with Crippen LogP contribution in [0, 0.1) is 0 Å². The Morgan fingerprint density at radius 1 is 0.344 bits per heavy atom. The average Bonchev–Trinajstić information content (AvgIpc) is 3.26. The predicted molar refractivity (Wildman–Crippen MR) is 260 cm³/mol. The van der Waals surface area contributed by atoms with E-state index >= 15 is 0 Å². The summed E-state index contributed by atoms with van der Waals surface area (Å²) in [5.74, 6) is -1.07. The number of hydrogen-bond donors (Lipinski definition) is 0. The van der Waals surface area contributed by atoms with Crippen LogP contribution in [0.4, 0.5) is 0 Å². The minimum absolute atomic E-state index is 0.126. The normalized spacial score (nSPS) is 13.3. The van der Waals surface area contributed by atoms with Crippen LogP contribution in [-0.4, -0.2) is 37.2 Å². The topological polar surface area (TPSA) is 78.9 Å². The third kappa shape index (κ3) is 46.5. The van der Waals surface area contributed by atoms with Gasteiger partial charge in [0.15, 0.2) is 6.10 Å². The quantitative estimate of drug-likeness (QED) is 0.0201. The third-order valence-electron chi connectivity index (χ3n) is 9.21. The van der Waals surface area contributed by atoms with Crippen molar-refractivity contribution in [3.8, 4) is 0 Å². The van der Waals surface area contributed by atoms with Gasteiger partial charge in [0.2, 0.25) is 0 Å². The Morgan fingerprint density at radius 2 is 0.705 bits per heavy atom. The van der Waals surface area contributed by atoms with E-state index in [0.29, 0.717) is 12.8 Å². The molecular formula is C55H84O6. The van der Waals surface area contributed by atoms with E-state index in [-0.39, 0.29) is 44.0 Å².